The maximum atomic E-state index is 12.5. The number of carbonyl (C=O) groups is 2. The van der Waals surface area contributed by atoms with Gasteiger partial charge in [-0.3, -0.25) is 9.59 Å². The minimum Gasteiger partial charge on any atom is -0.336 e. The fourth-order valence-electron chi connectivity index (χ4n) is 2.62. The second-order valence-corrected chi connectivity index (χ2v) is 7.12. The molecule has 0 aromatic carbocycles. The van der Waals surface area contributed by atoms with Crippen molar-refractivity contribution in [2.24, 2.45) is 7.05 Å². The van der Waals surface area contributed by atoms with E-state index in [4.69, 9.17) is 11.6 Å². The van der Waals surface area contributed by atoms with Crippen LogP contribution in [0.4, 0.5) is 0 Å². The van der Waals surface area contributed by atoms with Gasteiger partial charge in [0.25, 0.3) is 11.8 Å². The molecule has 0 atom stereocenters. The average molecular weight is 353 g/mol. The summed E-state index contributed by atoms with van der Waals surface area (Å²) in [5.41, 5.74) is 0. The number of imidazole rings is 1. The van der Waals surface area contributed by atoms with Crippen LogP contribution < -0.4 is 0 Å². The highest BCUT2D eigenvalue weighted by Crippen LogP contribution is 2.23. The Hall–Kier alpha value is -1.86. The number of carbonyl (C=O) groups excluding carboxylic acids is 2. The predicted molar refractivity (Wildman–Crippen MR) is 89.0 cm³/mol. The largest absolute Gasteiger partial charge is 0.336 e. The Morgan fingerprint density at radius 1 is 1.13 bits per heavy atom. The first-order chi connectivity index (χ1) is 11.1. The van der Waals surface area contributed by atoms with Crippen molar-refractivity contribution in [2.75, 3.05) is 26.2 Å². The number of nitrogens with zero attached hydrogens (tertiary/aromatic N) is 4. The molecule has 0 N–H and O–H groups in total. The van der Waals surface area contributed by atoms with Crippen molar-refractivity contribution < 1.29 is 9.59 Å². The molecule has 122 valence electrons. The lowest BCUT2D eigenvalue weighted by Crippen LogP contribution is -2.38. The summed E-state index contributed by atoms with van der Waals surface area (Å²) >= 11 is 7.18. The van der Waals surface area contributed by atoms with Crippen LogP contribution in [0.15, 0.2) is 24.5 Å². The first-order valence-corrected chi connectivity index (χ1v) is 8.57. The second-order valence-electron chi connectivity index (χ2n) is 5.40. The van der Waals surface area contributed by atoms with Crippen LogP contribution in [0.25, 0.3) is 0 Å². The van der Waals surface area contributed by atoms with Gasteiger partial charge < -0.3 is 14.4 Å². The van der Waals surface area contributed by atoms with Crippen molar-refractivity contribution in [3.8, 4) is 0 Å². The molecule has 0 bridgehead atoms. The molecule has 8 heteroatoms. The summed E-state index contributed by atoms with van der Waals surface area (Å²) in [6, 6.07) is 3.48. The molecule has 0 aliphatic carbocycles. The summed E-state index contributed by atoms with van der Waals surface area (Å²) in [5, 5.41) is 0. The van der Waals surface area contributed by atoms with Crippen LogP contribution in [-0.2, 0) is 7.05 Å². The highest BCUT2D eigenvalue weighted by molar-refractivity contribution is 7.17. The quantitative estimate of drug-likeness (QED) is 0.831. The van der Waals surface area contributed by atoms with E-state index < -0.39 is 0 Å². The zero-order valence-electron chi connectivity index (χ0n) is 12.7. The van der Waals surface area contributed by atoms with Crippen LogP contribution in [0.1, 0.15) is 26.7 Å². The van der Waals surface area contributed by atoms with E-state index >= 15 is 0 Å². The number of halogens is 1. The molecule has 3 heterocycles. The van der Waals surface area contributed by atoms with E-state index in [1.807, 2.05) is 0 Å². The fourth-order valence-corrected chi connectivity index (χ4v) is 3.63. The molecule has 0 unspecified atom stereocenters. The Balaban J connectivity index is 1.66. The Morgan fingerprint density at radius 3 is 2.39 bits per heavy atom. The van der Waals surface area contributed by atoms with Gasteiger partial charge in [0.15, 0.2) is 5.82 Å². The smallest absolute Gasteiger partial charge is 0.289 e. The fraction of sp³-hybridized carbons (Fsp3) is 0.400. The molecule has 6 nitrogen and oxygen atoms in total. The third-order valence-corrected chi connectivity index (χ3v) is 5.09. The number of rotatable bonds is 2. The van der Waals surface area contributed by atoms with E-state index in [1.54, 1.807) is 45.9 Å². The van der Waals surface area contributed by atoms with E-state index in [9.17, 15) is 9.59 Å². The molecule has 23 heavy (non-hydrogen) atoms. The van der Waals surface area contributed by atoms with Gasteiger partial charge in [0.05, 0.1) is 9.21 Å². The summed E-state index contributed by atoms with van der Waals surface area (Å²) in [5.74, 6) is 0.314. The van der Waals surface area contributed by atoms with Gasteiger partial charge in [0.1, 0.15) is 0 Å². The van der Waals surface area contributed by atoms with Crippen molar-refractivity contribution in [3.05, 3.63) is 39.6 Å². The summed E-state index contributed by atoms with van der Waals surface area (Å²) in [6.07, 6.45) is 4.11. The summed E-state index contributed by atoms with van der Waals surface area (Å²) < 4.78 is 2.32. The summed E-state index contributed by atoms with van der Waals surface area (Å²) in [7, 11) is 1.80. The lowest BCUT2D eigenvalue weighted by atomic mass is 10.3. The highest BCUT2D eigenvalue weighted by Gasteiger charge is 2.25. The van der Waals surface area contributed by atoms with Crippen LogP contribution in [0, 0.1) is 0 Å². The first-order valence-electron chi connectivity index (χ1n) is 7.37. The standard InChI is InChI=1S/C15H17ClN4O2S/c1-18-8-5-17-13(18)15(22)20-7-2-6-19(9-10-20)14(21)11-3-4-12(16)23-11/h3-5,8H,2,6-7,9-10H2,1H3. The molecule has 3 rings (SSSR count). The first kappa shape index (κ1) is 16.0. The summed E-state index contributed by atoms with van der Waals surface area (Å²) in [6.45, 7) is 2.29. The topological polar surface area (TPSA) is 58.4 Å². The number of hydrogen-bond donors (Lipinski definition) is 0. The average Bonchev–Trinajstić information content (AvgIpc) is 3.07. The molecule has 1 aliphatic heterocycles. The zero-order chi connectivity index (χ0) is 16.4. The second kappa shape index (κ2) is 6.72. The van der Waals surface area contributed by atoms with Gasteiger partial charge in [-0.15, -0.1) is 11.3 Å². The van der Waals surface area contributed by atoms with Crippen LogP contribution in [0.2, 0.25) is 4.34 Å². The molecular formula is C15H17ClN4O2S. The van der Waals surface area contributed by atoms with Crippen molar-refractivity contribution >= 4 is 34.8 Å². The van der Waals surface area contributed by atoms with Crippen LogP contribution in [-0.4, -0.2) is 57.3 Å². The molecule has 1 fully saturated rings. The van der Waals surface area contributed by atoms with Gasteiger partial charge in [-0.2, -0.15) is 0 Å². The van der Waals surface area contributed by atoms with Crippen molar-refractivity contribution in [3.63, 3.8) is 0 Å². The highest BCUT2D eigenvalue weighted by atomic mass is 35.5. The normalized spacial score (nSPS) is 15.6. The molecule has 0 radical (unpaired) electrons. The molecular weight excluding hydrogens is 336 g/mol. The summed E-state index contributed by atoms with van der Waals surface area (Å²) in [4.78, 5) is 33.3. The van der Waals surface area contributed by atoms with E-state index in [0.29, 0.717) is 41.2 Å². The van der Waals surface area contributed by atoms with Gasteiger partial charge in [-0.05, 0) is 18.6 Å². The van der Waals surface area contributed by atoms with E-state index in [1.165, 1.54) is 11.3 Å². The van der Waals surface area contributed by atoms with Gasteiger partial charge in [0.2, 0.25) is 0 Å². The minimum atomic E-state index is -0.0917. The molecule has 2 aromatic heterocycles. The van der Waals surface area contributed by atoms with Crippen LogP contribution in [0.3, 0.4) is 0 Å². The van der Waals surface area contributed by atoms with Crippen molar-refractivity contribution in [2.45, 2.75) is 6.42 Å². The lowest BCUT2D eigenvalue weighted by Gasteiger charge is -2.21. The molecule has 2 aromatic rings. The van der Waals surface area contributed by atoms with Crippen molar-refractivity contribution in [1.82, 2.24) is 19.4 Å². The Labute approximate surface area is 143 Å². The number of aryl methyl sites for hydroxylation is 1. The van der Waals surface area contributed by atoms with Gasteiger partial charge in [-0.1, -0.05) is 11.6 Å². The van der Waals surface area contributed by atoms with E-state index in [-0.39, 0.29) is 11.8 Å². The molecule has 0 spiro atoms. The predicted octanol–water partition coefficient (Wildman–Crippen LogP) is 2.12. The Bertz CT molecular complexity index is 727. The number of aromatic nitrogens is 2. The molecule has 0 saturated carbocycles. The van der Waals surface area contributed by atoms with Crippen LogP contribution >= 0.6 is 22.9 Å². The maximum Gasteiger partial charge on any atom is 0.289 e. The van der Waals surface area contributed by atoms with Gasteiger partial charge in [-0.25, -0.2) is 4.98 Å². The molecule has 1 aliphatic rings. The van der Waals surface area contributed by atoms with Crippen LogP contribution in [0.5, 0.6) is 0 Å². The maximum absolute atomic E-state index is 12.5. The third-order valence-electron chi connectivity index (χ3n) is 3.87. The third kappa shape index (κ3) is 3.40. The molecule has 2 amide bonds. The van der Waals surface area contributed by atoms with E-state index in [2.05, 4.69) is 4.98 Å². The number of hydrogen-bond acceptors (Lipinski definition) is 4. The van der Waals surface area contributed by atoms with Gasteiger partial charge in [0, 0.05) is 45.6 Å². The van der Waals surface area contributed by atoms with Crippen molar-refractivity contribution in [1.29, 1.82) is 0 Å². The minimum absolute atomic E-state index is 0.0202. The zero-order valence-corrected chi connectivity index (χ0v) is 14.3. The number of thiophene rings is 1. The lowest BCUT2D eigenvalue weighted by molar-refractivity contribution is 0.0712. The van der Waals surface area contributed by atoms with Gasteiger partial charge >= 0.3 is 0 Å². The molecule has 1 saturated heterocycles. The van der Waals surface area contributed by atoms with E-state index in [0.717, 1.165) is 6.42 Å². The number of amides is 2. The Morgan fingerprint density at radius 2 is 1.83 bits per heavy atom. The Kier molecular flexibility index (Phi) is 4.68. The SMILES string of the molecule is Cn1ccnc1C(=O)N1CCCN(C(=O)c2ccc(Cl)s2)CC1. The monoisotopic (exact) mass is 352 g/mol.